The summed E-state index contributed by atoms with van der Waals surface area (Å²) in [6.45, 7) is 6.35. The van der Waals surface area contributed by atoms with Gasteiger partial charge < -0.3 is 20.3 Å². The van der Waals surface area contributed by atoms with E-state index < -0.39 is 0 Å². The van der Waals surface area contributed by atoms with E-state index in [9.17, 15) is 9.59 Å². The lowest BCUT2D eigenvalue weighted by Gasteiger charge is -2.30. The maximum absolute atomic E-state index is 12.4. The third-order valence-corrected chi connectivity index (χ3v) is 5.86. The Balaban J connectivity index is 1.27. The maximum Gasteiger partial charge on any atom is 0.291 e. The Morgan fingerprint density at radius 2 is 1.90 bits per heavy atom. The molecule has 0 aliphatic carbocycles. The number of carbonyl (C=O) groups excluding carboxylic acids is 2. The van der Waals surface area contributed by atoms with Crippen molar-refractivity contribution in [2.24, 2.45) is 5.92 Å². The van der Waals surface area contributed by atoms with E-state index in [1.54, 1.807) is 24.3 Å². The van der Waals surface area contributed by atoms with Gasteiger partial charge in [0.05, 0.1) is 5.69 Å². The summed E-state index contributed by atoms with van der Waals surface area (Å²) in [7, 11) is 0. The van der Waals surface area contributed by atoms with Gasteiger partial charge in [0.25, 0.3) is 11.8 Å². The number of anilines is 1. The highest BCUT2D eigenvalue weighted by molar-refractivity contribution is 6.08. The summed E-state index contributed by atoms with van der Waals surface area (Å²) in [5, 5.41) is 5.81. The van der Waals surface area contributed by atoms with Gasteiger partial charge in [0.2, 0.25) is 0 Å². The van der Waals surface area contributed by atoms with E-state index in [-0.39, 0.29) is 17.6 Å². The molecule has 0 saturated carbocycles. The first-order valence-electron chi connectivity index (χ1n) is 11.0. The van der Waals surface area contributed by atoms with E-state index in [2.05, 4.69) is 22.5 Å². The first kappa shape index (κ1) is 21.1. The number of ether oxygens (including phenoxy) is 1. The number of fused-ring (bicyclic) bond motifs is 1. The van der Waals surface area contributed by atoms with Crippen molar-refractivity contribution in [2.75, 3.05) is 31.5 Å². The molecule has 0 atom stereocenters. The molecule has 0 aromatic heterocycles. The average Bonchev–Trinajstić information content (AvgIpc) is 2.79. The van der Waals surface area contributed by atoms with Gasteiger partial charge in [-0.15, -0.1) is 0 Å². The van der Waals surface area contributed by atoms with Crippen molar-refractivity contribution in [1.82, 2.24) is 10.2 Å². The number of para-hydroxylation sites is 2. The molecule has 0 radical (unpaired) electrons. The van der Waals surface area contributed by atoms with Gasteiger partial charge in [-0.3, -0.25) is 9.59 Å². The molecule has 6 heteroatoms. The molecule has 0 unspecified atom stereocenters. The standard InChI is InChI=1S/C25H29N3O3/c1-18-11-15-28(16-12-18)14-4-13-26-24(29)20-9-7-19(8-10-20)17-23-25(30)27-21-5-2-3-6-22(21)31-23/h2-3,5-10,17-18H,4,11-16H2,1H3,(H,26,29)(H,27,30)/b23-17-. The molecule has 2 aliphatic rings. The number of nitrogens with zero attached hydrogens (tertiary/aromatic N) is 1. The van der Waals surface area contributed by atoms with E-state index in [1.807, 2.05) is 30.3 Å². The van der Waals surface area contributed by atoms with E-state index in [1.165, 1.54) is 25.9 Å². The van der Waals surface area contributed by atoms with Crippen LogP contribution in [-0.4, -0.2) is 42.9 Å². The first-order valence-corrected chi connectivity index (χ1v) is 11.0. The topological polar surface area (TPSA) is 70.7 Å². The van der Waals surface area contributed by atoms with Gasteiger partial charge in [0.1, 0.15) is 0 Å². The Labute approximate surface area is 183 Å². The summed E-state index contributed by atoms with van der Waals surface area (Å²) < 4.78 is 5.71. The zero-order valence-electron chi connectivity index (χ0n) is 17.9. The van der Waals surface area contributed by atoms with Gasteiger partial charge in [0.15, 0.2) is 11.5 Å². The minimum absolute atomic E-state index is 0.0768. The van der Waals surface area contributed by atoms with Crippen molar-refractivity contribution >= 4 is 23.6 Å². The second-order valence-electron chi connectivity index (χ2n) is 8.32. The molecule has 0 bridgehead atoms. The molecule has 1 saturated heterocycles. The smallest absolute Gasteiger partial charge is 0.291 e. The van der Waals surface area contributed by atoms with Gasteiger partial charge in [-0.25, -0.2) is 0 Å². The SMILES string of the molecule is CC1CCN(CCCNC(=O)c2ccc(/C=C3\Oc4ccccc4NC3=O)cc2)CC1. The summed E-state index contributed by atoms with van der Waals surface area (Å²) >= 11 is 0. The van der Waals surface area contributed by atoms with Crippen LogP contribution in [0.4, 0.5) is 5.69 Å². The molecule has 2 aromatic carbocycles. The number of hydrogen-bond donors (Lipinski definition) is 2. The molecular weight excluding hydrogens is 390 g/mol. The Morgan fingerprint density at radius 1 is 1.16 bits per heavy atom. The number of hydrogen-bond acceptors (Lipinski definition) is 4. The van der Waals surface area contributed by atoms with Crippen LogP contribution in [0, 0.1) is 5.92 Å². The van der Waals surface area contributed by atoms with Crippen LogP contribution < -0.4 is 15.4 Å². The number of rotatable bonds is 6. The molecule has 2 aromatic rings. The van der Waals surface area contributed by atoms with Crippen LogP contribution in [0.3, 0.4) is 0 Å². The maximum atomic E-state index is 12.4. The monoisotopic (exact) mass is 419 g/mol. The van der Waals surface area contributed by atoms with Crippen LogP contribution in [0.15, 0.2) is 54.3 Å². The van der Waals surface area contributed by atoms with Crippen molar-refractivity contribution in [3.63, 3.8) is 0 Å². The third-order valence-electron chi connectivity index (χ3n) is 5.86. The third kappa shape index (κ3) is 5.52. The molecule has 2 heterocycles. The van der Waals surface area contributed by atoms with Gasteiger partial charge in [0, 0.05) is 12.1 Å². The lowest BCUT2D eigenvalue weighted by molar-refractivity contribution is -0.115. The first-order chi connectivity index (χ1) is 15.1. The molecule has 0 spiro atoms. The van der Waals surface area contributed by atoms with Crippen molar-refractivity contribution in [3.05, 3.63) is 65.4 Å². The number of carbonyl (C=O) groups is 2. The number of amides is 2. The fourth-order valence-electron chi connectivity index (χ4n) is 3.88. The molecule has 6 nitrogen and oxygen atoms in total. The second-order valence-corrected chi connectivity index (χ2v) is 8.32. The van der Waals surface area contributed by atoms with Crippen LogP contribution in [0.5, 0.6) is 5.75 Å². The number of likely N-dealkylation sites (tertiary alicyclic amines) is 1. The van der Waals surface area contributed by atoms with Crippen molar-refractivity contribution in [1.29, 1.82) is 0 Å². The number of piperidine rings is 1. The van der Waals surface area contributed by atoms with E-state index in [4.69, 9.17) is 4.74 Å². The van der Waals surface area contributed by atoms with Gasteiger partial charge in [-0.1, -0.05) is 31.2 Å². The van der Waals surface area contributed by atoms with Crippen molar-refractivity contribution < 1.29 is 14.3 Å². The summed E-state index contributed by atoms with van der Waals surface area (Å²) in [6.07, 6.45) is 5.17. The van der Waals surface area contributed by atoms with Gasteiger partial charge in [-0.2, -0.15) is 0 Å². The molecular formula is C25H29N3O3. The fraction of sp³-hybridized carbons (Fsp3) is 0.360. The second kappa shape index (κ2) is 9.79. The predicted molar refractivity (Wildman–Crippen MR) is 122 cm³/mol. The molecule has 4 rings (SSSR count). The minimum Gasteiger partial charge on any atom is -0.449 e. The zero-order chi connectivity index (χ0) is 21.6. The molecule has 31 heavy (non-hydrogen) atoms. The summed E-state index contributed by atoms with van der Waals surface area (Å²) in [5.41, 5.74) is 2.06. The van der Waals surface area contributed by atoms with E-state index in [0.29, 0.717) is 23.5 Å². The van der Waals surface area contributed by atoms with Gasteiger partial charge in [-0.05, 0) is 80.7 Å². The molecule has 2 amide bonds. The Hall–Kier alpha value is -3.12. The predicted octanol–water partition coefficient (Wildman–Crippen LogP) is 3.91. The van der Waals surface area contributed by atoms with Gasteiger partial charge >= 0.3 is 0 Å². The molecule has 1 fully saturated rings. The highest BCUT2D eigenvalue weighted by Crippen LogP contribution is 2.30. The Bertz CT molecular complexity index is 960. The largest absolute Gasteiger partial charge is 0.449 e. The highest BCUT2D eigenvalue weighted by Gasteiger charge is 2.21. The Kier molecular flexibility index (Phi) is 6.67. The lowest BCUT2D eigenvalue weighted by atomic mass is 9.99. The van der Waals surface area contributed by atoms with Crippen molar-refractivity contribution in [3.8, 4) is 5.75 Å². The average molecular weight is 420 g/mol. The normalized spacial score (nSPS) is 18.2. The molecule has 2 N–H and O–H groups in total. The van der Waals surface area contributed by atoms with Crippen LogP contribution in [0.1, 0.15) is 42.1 Å². The minimum atomic E-state index is -0.288. The fourth-order valence-corrected chi connectivity index (χ4v) is 3.88. The quantitative estimate of drug-likeness (QED) is 0.550. The lowest BCUT2D eigenvalue weighted by Crippen LogP contribution is -2.35. The number of nitrogens with one attached hydrogen (secondary N) is 2. The number of benzene rings is 2. The molecule has 2 aliphatic heterocycles. The zero-order valence-corrected chi connectivity index (χ0v) is 17.9. The summed E-state index contributed by atoms with van der Waals surface area (Å²) in [4.78, 5) is 27.1. The van der Waals surface area contributed by atoms with E-state index in [0.717, 1.165) is 24.4 Å². The van der Waals surface area contributed by atoms with Crippen LogP contribution in [0.2, 0.25) is 0 Å². The summed E-state index contributed by atoms with van der Waals surface area (Å²) in [5.74, 6) is 1.31. The highest BCUT2D eigenvalue weighted by atomic mass is 16.5. The van der Waals surface area contributed by atoms with Crippen LogP contribution in [0.25, 0.3) is 6.08 Å². The van der Waals surface area contributed by atoms with Crippen molar-refractivity contribution in [2.45, 2.75) is 26.2 Å². The van der Waals surface area contributed by atoms with Crippen LogP contribution in [-0.2, 0) is 4.79 Å². The van der Waals surface area contributed by atoms with Crippen LogP contribution >= 0.6 is 0 Å². The van der Waals surface area contributed by atoms with E-state index >= 15 is 0 Å². The molecule has 162 valence electrons. The Morgan fingerprint density at radius 3 is 2.68 bits per heavy atom. The summed E-state index contributed by atoms with van der Waals surface area (Å²) in [6, 6.07) is 14.5.